The SMILES string of the molecule is Brc1ccc(-c2cc(-c3ccc4c(c3)c3ccccc3n4-c3ccccc3)cc(-c3ccc4c(c3)c3ccccc3n4-c3ccc4c(c3)c3ccccc3n4-c3ccccc3)c2)cc1. The molecule has 13 aromatic rings. The summed E-state index contributed by atoms with van der Waals surface area (Å²) < 4.78 is 8.26. The van der Waals surface area contributed by atoms with Crippen LogP contribution < -0.4 is 0 Å². The molecule has 0 N–H and O–H groups in total. The first-order valence-electron chi connectivity index (χ1n) is 21.8. The van der Waals surface area contributed by atoms with Crippen LogP contribution in [0.4, 0.5) is 0 Å². The number of nitrogens with zero attached hydrogens (tertiary/aromatic N) is 3. The Labute approximate surface area is 378 Å². The van der Waals surface area contributed by atoms with E-state index in [0.717, 1.165) is 21.5 Å². The molecule has 0 amide bonds. The van der Waals surface area contributed by atoms with Crippen LogP contribution in [-0.4, -0.2) is 13.7 Å². The molecule has 64 heavy (non-hydrogen) atoms. The van der Waals surface area contributed by atoms with E-state index >= 15 is 0 Å². The summed E-state index contributed by atoms with van der Waals surface area (Å²) in [5.41, 5.74) is 17.7. The van der Waals surface area contributed by atoms with E-state index in [0.29, 0.717) is 0 Å². The zero-order valence-corrected chi connectivity index (χ0v) is 36.2. The third kappa shape index (κ3) is 5.80. The fourth-order valence-electron chi connectivity index (χ4n) is 10.2. The molecular formula is C60H38BrN3. The molecule has 13 rings (SSSR count). The summed E-state index contributed by atoms with van der Waals surface area (Å²) in [6, 6.07) is 84.3. The van der Waals surface area contributed by atoms with Gasteiger partial charge in [0.2, 0.25) is 0 Å². The highest BCUT2D eigenvalue weighted by molar-refractivity contribution is 9.10. The predicted octanol–water partition coefficient (Wildman–Crippen LogP) is 16.7. The lowest BCUT2D eigenvalue weighted by atomic mass is 9.92. The van der Waals surface area contributed by atoms with Crippen molar-refractivity contribution >= 4 is 81.3 Å². The molecule has 0 aliphatic carbocycles. The minimum absolute atomic E-state index is 1.07. The highest BCUT2D eigenvalue weighted by Crippen LogP contribution is 2.41. The van der Waals surface area contributed by atoms with Crippen LogP contribution >= 0.6 is 15.9 Å². The molecule has 0 radical (unpaired) electrons. The Morgan fingerprint density at radius 3 is 1.03 bits per heavy atom. The van der Waals surface area contributed by atoms with Crippen LogP contribution in [0.25, 0.3) is 116 Å². The Morgan fingerprint density at radius 1 is 0.219 bits per heavy atom. The normalized spacial score (nSPS) is 11.8. The van der Waals surface area contributed by atoms with E-state index in [-0.39, 0.29) is 0 Å². The minimum atomic E-state index is 1.07. The van der Waals surface area contributed by atoms with Crippen LogP contribution in [-0.2, 0) is 0 Å². The number of hydrogen-bond donors (Lipinski definition) is 0. The van der Waals surface area contributed by atoms with Crippen molar-refractivity contribution in [1.29, 1.82) is 0 Å². The van der Waals surface area contributed by atoms with Crippen molar-refractivity contribution in [2.45, 2.75) is 0 Å². The molecule has 0 atom stereocenters. The summed E-state index contributed by atoms with van der Waals surface area (Å²) in [6.45, 7) is 0. The lowest BCUT2D eigenvalue weighted by molar-refractivity contribution is 1.17. The van der Waals surface area contributed by atoms with Gasteiger partial charge in [0.25, 0.3) is 0 Å². The topological polar surface area (TPSA) is 14.8 Å². The Kier molecular flexibility index (Phi) is 8.37. The van der Waals surface area contributed by atoms with Gasteiger partial charge in [0.1, 0.15) is 0 Å². The smallest absolute Gasteiger partial charge is 0.0542 e. The van der Waals surface area contributed by atoms with Crippen molar-refractivity contribution in [2.75, 3.05) is 0 Å². The van der Waals surface area contributed by atoms with E-state index in [1.165, 1.54) is 98.8 Å². The van der Waals surface area contributed by atoms with Crippen LogP contribution in [0, 0.1) is 0 Å². The first-order valence-corrected chi connectivity index (χ1v) is 22.6. The maximum atomic E-state index is 3.67. The van der Waals surface area contributed by atoms with Gasteiger partial charge in [0.05, 0.1) is 33.1 Å². The fourth-order valence-corrected chi connectivity index (χ4v) is 10.4. The molecule has 0 unspecified atom stereocenters. The molecule has 300 valence electrons. The summed E-state index contributed by atoms with van der Waals surface area (Å²) in [7, 11) is 0. The quantitative estimate of drug-likeness (QED) is 0.158. The third-order valence-electron chi connectivity index (χ3n) is 13.1. The lowest BCUT2D eigenvalue weighted by Crippen LogP contribution is -1.95. The number of fused-ring (bicyclic) bond motifs is 9. The fraction of sp³-hybridized carbons (Fsp3) is 0. The highest BCUT2D eigenvalue weighted by Gasteiger charge is 2.19. The lowest BCUT2D eigenvalue weighted by Gasteiger charge is -2.13. The van der Waals surface area contributed by atoms with Crippen LogP contribution in [0.2, 0.25) is 0 Å². The van der Waals surface area contributed by atoms with Gasteiger partial charge in [0, 0.05) is 53.9 Å². The van der Waals surface area contributed by atoms with Gasteiger partial charge in [-0.2, -0.15) is 0 Å². The molecule has 4 heteroatoms. The zero-order valence-electron chi connectivity index (χ0n) is 34.7. The zero-order chi connectivity index (χ0) is 42.3. The molecule has 10 aromatic carbocycles. The van der Waals surface area contributed by atoms with Gasteiger partial charge in [-0.3, -0.25) is 0 Å². The van der Waals surface area contributed by atoms with Crippen molar-refractivity contribution in [3.8, 4) is 50.4 Å². The average molecular weight is 881 g/mol. The van der Waals surface area contributed by atoms with Crippen molar-refractivity contribution in [3.05, 3.63) is 235 Å². The van der Waals surface area contributed by atoms with Gasteiger partial charge in [-0.1, -0.05) is 131 Å². The van der Waals surface area contributed by atoms with Crippen molar-refractivity contribution in [3.63, 3.8) is 0 Å². The second-order valence-corrected chi connectivity index (χ2v) is 17.6. The summed E-state index contributed by atoms with van der Waals surface area (Å²) in [4.78, 5) is 0. The standard InChI is InChI=1S/C60H38BrN3/c61-45-27-23-39(24-28-45)42-33-43(40-25-30-58-52(36-40)49-17-7-10-20-55(49)62(58)46-13-3-1-4-14-46)35-44(34-42)41-26-31-59-53(37-41)50-18-8-12-22-57(50)64(59)48-29-32-60-54(38-48)51-19-9-11-21-56(51)63(60)47-15-5-2-6-16-47/h1-38H. The highest BCUT2D eigenvalue weighted by atomic mass is 79.9. The molecule has 0 saturated heterocycles. The van der Waals surface area contributed by atoms with E-state index < -0.39 is 0 Å². The van der Waals surface area contributed by atoms with Crippen LogP contribution in [0.5, 0.6) is 0 Å². The van der Waals surface area contributed by atoms with Crippen LogP contribution in [0.1, 0.15) is 0 Å². The summed E-state index contributed by atoms with van der Waals surface area (Å²) in [6.07, 6.45) is 0. The number of halogens is 1. The molecule has 3 heterocycles. The Morgan fingerprint density at radius 2 is 0.562 bits per heavy atom. The summed E-state index contributed by atoms with van der Waals surface area (Å²) in [5.74, 6) is 0. The molecule has 0 aliphatic heterocycles. The van der Waals surface area contributed by atoms with Gasteiger partial charge in [-0.25, -0.2) is 0 Å². The van der Waals surface area contributed by atoms with Crippen molar-refractivity contribution < 1.29 is 0 Å². The maximum absolute atomic E-state index is 3.67. The number of para-hydroxylation sites is 5. The Balaban J connectivity index is 0.986. The van der Waals surface area contributed by atoms with E-state index in [1.807, 2.05) is 0 Å². The van der Waals surface area contributed by atoms with E-state index in [4.69, 9.17) is 0 Å². The van der Waals surface area contributed by atoms with Crippen molar-refractivity contribution in [1.82, 2.24) is 13.7 Å². The van der Waals surface area contributed by atoms with Gasteiger partial charge in [-0.05, 0) is 149 Å². The maximum Gasteiger partial charge on any atom is 0.0542 e. The van der Waals surface area contributed by atoms with Gasteiger partial charge < -0.3 is 13.7 Å². The second kappa shape index (κ2) is 14.6. The minimum Gasteiger partial charge on any atom is -0.309 e. The van der Waals surface area contributed by atoms with Gasteiger partial charge >= 0.3 is 0 Å². The molecule has 0 spiro atoms. The molecular weight excluding hydrogens is 843 g/mol. The number of benzene rings is 10. The average Bonchev–Trinajstić information content (AvgIpc) is 3.99. The monoisotopic (exact) mass is 879 g/mol. The molecule has 0 saturated carbocycles. The first kappa shape index (κ1) is 36.7. The van der Waals surface area contributed by atoms with E-state index in [2.05, 4.69) is 260 Å². The Bertz CT molecular complexity index is 3950. The molecule has 3 nitrogen and oxygen atoms in total. The van der Waals surface area contributed by atoms with Crippen LogP contribution in [0.3, 0.4) is 0 Å². The van der Waals surface area contributed by atoms with Crippen molar-refractivity contribution in [2.24, 2.45) is 0 Å². The van der Waals surface area contributed by atoms with Crippen LogP contribution in [0.15, 0.2) is 235 Å². The Hall–Kier alpha value is -7.92. The number of hydrogen-bond acceptors (Lipinski definition) is 0. The number of aromatic nitrogens is 3. The third-order valence-corrected chi connectivity index (χ3v) is 13.6. The number of rotatable bonds is 6. The molecule has 3 aromatic heterocycles. The molecule has 0 fully saturated rings. The van der Waals surface area contributed by atoms with Gasteiger partial charge in [0.15, 0.2) is 0 Å². The second-order valence-electron chi connectivity index (χ2n) is 16.7. The molecule has 0 bridgehead atoms. The van der Waals surface area contributed by atoms with E-state index in [9.17, 15) is 0 Å². The van der Waals surface area contributed by atoms with Gasteiger partial charge in [-0.15, -0.1) is 0 Å². The predicted molar refractivity (Wildman–Crippen MR) is 273 cm³/mol. The summed E-state index contributed by atoms with van der Waals surface area (Å²) >= 11 is 3.67. The van der Waals surface area contributed by atoms with E-state index in [1.54, 1.807) is 0 Å². The molecule has 0 aliphatic rings. The summed E-state index contributed by atoms with van der Waals surface area (Å²) in [5, 5.41) is 7.43. The first-order chi connectivity index (χ1) is 31.6. The largest absolute Gasteiger partial charge is 0.309 e.